The van der Waals surface area contributed by atoms with E-state index in [0.29, 0.717) is 6.42 Å². The largest absolute Gasteiger partial charge is 0.281 e. The summed E-state index contributed by atoms with van der Waals surface area (Å²) in [6.07, 6.45) is 9.01. The zero-order valence-electron chi connectivity index (χ0n) is 12.2. The number of carbonyl (C=O) groups excluding carboxylic acids is 1. The maximum Gasteiger partial charge on any atom is 0.221 e. The van der Waals surface area contributed by atoms with Crippen LogP contribution in [0, 0.1) is 0 Å². The van der Waals surface area contributed by atoms with Crippen molar-refractivity contribution in [3.63, 3.8) is 0 Å². The van der Waals surface area contributed by atoms with Crippen molar-refractivity contribution < 1.29 is 4.79 Å². The summed E-state index contributed by atoms with van der Waals surface area (Å²) in [5.74, 6) is 0. The molecule has 0 aliphatic rings. The fourth-order valence-corrected chi connectivity index (χ4v) is 2.33. The van der Waals surface area contributed by atoms with Crippen molar-refractivity contribution >= 4 is 34.8 Å². The SMILES string of the molecule is Cl.O=C(Cl)CCCCC=C(c1ccccc1)c1cccnc1. The first-order valence-corrected chi connectivity index (χ1v) is 7.49. The van der Waals surface area contributed by atoms with Gasteiger partial charge in [0.05, 0.1) is 0 Å². The van der Waals surface area contributed by atoms with Crippen molar-refractivity contribution in [3.05, 3.63) is 72.1 Å². The third-order valence-corrected chi connectivity index (χ3v) is 3.42. The minimum atomic E-state index is -0.255. The average Bonchev–Trinajstić information content (AvgIpc) is 2.52. The third-order valence-electron chi connectivity index (χ3n) is 3.23. The van der Waals surface area contributed by atoms with Gasteiger partial charge in [-0.25, -0.2) is 0 Å². The number of aromatic nitrogens is 1. The van der Waals surface area contributed by atoms with Crippen LogP contribution < -0.4 is 0 Å². The van der Waals surface area contributed by atoms with Crippen LogP contribution in [0.5, 0.6) is 0 Å². The van der Waals surface area contributed by atoms with Crippen molar-refractivity contribution in [1.29, 1.82) is 0 Å². The number of allylic oxidation sites excluding steroid dienone is 1. The Morgan fingerprint density at radius 2 is 1.77 bits per heavy atom. The van der Waals surface area contributed by atoms with Gasteiger partial charge in [-0.15, -0.1) is 12.4 Å². The molecule has 0 saturated heterocycles. The summed E-state index contributed by atoms with van der Waals surface area (Å²) in [5, 5.41) is -0.255. The van der Waals surface area contributed by atoms with Gasteiger partial charge < -0.3 is 0 Å². The molecule has 0 saturated carbocycles. The molecule has 1 aromatic carbocycles. The number of carbonyl (C=O) groups is 1. The minimum Gasteiger partial charge on any atom is -0.281 e. The van der Waals surface area contributed by atoms with Gasteiger partial charge in [0.15, 0.2) is 0 Å². The van der Waals surface area contributed by atoms with Gasteiger partial charge in [0.2, 0.25) is 5.24 Å². The summed E-state index contributed by atoms with van der Waals surface area (Å²) < 4.78 is 0. The summed E-state index contributed by atoms with van der Waals surface area (Å²) in [6.45, 7) is 0. The van der Waals surface area contributed by atoms with Gasteiger partial charge in [-0.3, -0.25) is 9.78 Å². The quantitative estimate of drug-likeness (QED) is 0.510. The predicted octanol–water partition coefficient (Wildman–Crippen LogP) is 5.26. The standard InChI is InChI=1S/C18H18ClNO.ClH/c19-18(21)12-6-2-5-11-17(15-8-3-1-4-9-15)16-10-7-13-20-14-16;/h1,3-4,7-11,13-14H,2,5-6,12H2;1H. The number of hydrogen-bond acceptors (Lipinski definition) is 2. The molecule has 2 rings (SSSR count). The molecule has 4 heteroatoms. The lowest BCUT2D eigenvalue weighted by molar-refractivity contribution is -0.111. The number of nitrogens with zero attached hydrogens (tertiary/aromatic N) is 1. The second-order valence-corrected chi connectivity index (χ2v) is 5.25. The Hall–Kier alpha value is -1.64. The van der Waals surface area contributed by atoms with Crippen molar-refractivity contribution in [1.82, 2.24) is 4.98 Å². The van der Waals surface area contributed by atoms with Crippen LogP contribution in [0.15, 0.2) is 60.9 Å². The lowest BCUT2D eigenvalue weighted by Crippen LogP contribution is -1.90. The number of hydrogen-bond donors (Lipinski definition) is 0. The smallest absolute Gasteiger partial charge is 0.221 e. The van der Waals surface area contributed by atoms with E-state index in [0.717, 1.165) is 24.8 Å². The molecule has 116 valence electrons. The number of pyridine rings is 1. The minimum absolute atomic E-state index is 0. The monoisotopic (exact) mass is 335 g/mol. The van der Waals surface area contributed by atoms with Crippen LogP contribution >= 0.6 is 24.0 Å². The topological polar surface area (TPSA) is 30.0 Å². The second-order valence-electron chi connectivity index (χ2n) is 4.83. The Labute approximate surface area is 142 Å². The van der Waals surface area contributed by atoms with Crippen molar-refractivity contribution in [2.24, 2.45) is 0 Å². The summed E-state index contributed by atoms with van der Waals surface area (Å²) in [4.78, 5) is 14.9. The lowest BCUT2D eigenvalue weighted by Gasteiger charge is -2.08. The fraction of sp³-hybridized carbons (Fsp3) is 0.222. The van der Waals surface area contributed by atoms with E-state index < -0.39 is 0 Å². The number of rotatable bonds is 7. The summed E-state index contributed by atoms with van der Waals surface area (Å²) in [6, 6.07) is 14.3. The van der Waals surface area contributed by atoms with Crippen LogP contribution in [0.3, 0.4) is 0 Å². The normalized spacial score (nSPS) is 10.9. The van der Waals surface area contributed by atoms with E-state index >= 15 is 0 Å². The highest BCUT2D eigenvalue weighted by atomic mass is 35.5. The van der Waals surface area contributed by atoms with E-state index in [1.54, 1.807) is 6.20 Å². The Morgan fingerprint density at radius 3 is 2.41 bits per heavy atom. The van der Waals surface area contributed by atoms with Gasteiger partial charge in [0.1, 0.15) is 0 Å². The van der Waals surface area contributed by atoms with Gasteiger partial charge in [-0.05, 0) is 48.1 Å². The maximum absolute atomic E-state index is 10.7. The Bertz CT molecular complexity index is 555. The molecule has 2 aromatic rings. The molecule has 0 aliphatic heterocycles. The second kappa shape index (κ2) is 10.1. The van der Waals surface area contributed by atoms with Gasteiger partial charge in [-0.1, -0.05) is 42.5 Å². The molecule has 1 heterocycles. The molecule has 0 aliphatic carbocycles. The molecule has 22 heavy (non-hydrogen) atoms. The molecule has 0 amide bonds. The van der Waals surface area contributed by atoms with Gasteiger partial charge in [0.25, 0.3) is 0 Å². The molecule has 0 N–H and O–H groups in total. The van der Waals surface area contributed by atoms with Crippen molar-refractivity contribution in [2.75, 3.05) is 0 Å². The molecular weight excluding hydrogens is 317 g/mol. The van der Waals surface area contributed by atoms with Crippen LogP contribution in [-0.4, -0.2) is 10.2 Å². The summed E-state index contributed by atoms with van der Waals surface area (Å²) in [7, 11) is 0. The van der Waals surface area contributed by atoms with E-state index in [4.69, 9.17) is 11.6 Å². The van der Waals surface area contributed by atoms with E-state index in [-0.39, 0.29) is 17.6 Å². The van der Waals surface area contributed by atoms with Crippen molar-refractivity contribution in [2.45, 2.75) is 25.7 Å². The molecule has 2 nitrogen and oxygen atoms in total. The average molecular weight is 336 g/mol. The molecule has 0 unspecified atom stereocenters. The third kappa shape index (κ3) is 6.00. The predicted molar refractivity (Wildman–Crippen MR) is 94.3 cm³/mol. The van der Waals surface area contributed by atoms with Gasteiger partial charge in [0, 0.05) is 24.4 Å². The Balaban J connectivity index is 0.00000242. The number of benzene rings is 1. The van der Waals surface area contributed by atoms with E-state index in [1.807, 2.05) is 30.5 Å². The molecule has 0 radical (unpaired) electrons. The lowest BCUT2D eigenvalue weighted by atomic mass is 9.97. The zero-order valence-corrected chi connectivity index (χ0v) is 13.8. The number of unbranched alkanes of at least 4 members (excludes halogenated alkanes) is 2. The first-order chi connectivity index (χ1) is 10.3. The Kier molecular flexibility index (Phi) is 8.49. The highest BCUT2D eigenvalue weighted by Gasteiger charge is 2.04. The Morgan fingerprint density at radius 1 is 1.05 bits per heavy atom. The van der Waals surface area contributed by atoms with Crippen molar-refractivity contribution in [3.8, 4) is 0 Å². The number of halogens is 2. The maximum atomic E-state index is 10.7. The van der Waals surface area contributed by atoms with Gasteiger partial charge in [-0.2, -0.15) is 0 Å². The first kappa shape index (κ1) is 18.4. The van der Waals surface area contributed by atoms with E-state index in [9.17, 15) is 4.79 Å². The molecule has 1 aromatic heterocycles. The molecular formula is C18H19Cl2NO. The first-order valence-electron chi connectivity index (χ1n) is 7.11. The molecule has 0 bridgehead atoms. The summed E-state index contributed by atoms with van der Waals surface area (Å²) >= 11 is 5.35. The van der Waals surface area contributed by atoms with Gasteiger partial charge >= 0.3 is 0 Å². The molecule has 0 atom stereocenters. The highest BCUT2D eigenvalue weighted by molar-refractivity contribution is 6.63. The van der Waals surface area contributed by atoms with Crippen LogP contribution in [0.4, 0.5) is 0 Å². The molecule has 0 spiro atoms. The van der Waals surface area contributed by atoms with E-state index in [2.05, 4.69) is 29.3 Å². The molecule has 0 fully saturated rings. The van der Waals surface area contributed by atoms with Crippen LogP contribution in [0.25, 0.3) is 5.57 Å². The van der Waals surface area contributed by atoms with Crippen LogP contribution in [0.2, 0.25) is 0 Å². The summed E-state index contributed by atoms with van der Waals surface area (Å²) in [5.41, 5.74) is 3.47. The van der Waals surface area contributed by atoms with Crippen LogP contribution in [0.1, 0.15) is 36.8 Å². The van der Waals surface area contributed by atoms with E-state index in [1.165, 1.54) is 11.1 Å². The zero-order chi connectivity index (χ0) is 14.9. The highest BCUT2D eigenvalue weighted by Crippen LogP contribution is 2.23. The fourth-order valence-electron chi connectivity index (χ4n) is 2.20. The van der Waals surface area contributed by atoms with Crippen LogP contribution in [-0.2, 0) is 4.79 Å².